The highest BCUT2D eigenvalue weighted by Gasteiger charge is 2.21. The fraction of sp³-hybridized carbons (Fsp3) is 0.182. The Hall–Kier alpha value is -3.26. The van der Waals surface area contributed by atoms with Crippen molar-refractivity contribution in [3.05, 3.63) is 89.5 Å². The van der Waals surface area contributed by atoms with Crippen LogP contribution in [0.1, 0.15) is 21.6 Å². The van der Waals surface area contributed by atoms with E-state index in [1.54, 1.807) is 32.3 Å². The zero-order valence-electron chi connectivity index (χ0n) is 16.7. The number of aromatic nitrogens is 1. The quantitative estimate of drug-likeness (QED) is 0.624. The van der Waals surface area contributed by atoms with Crippen LogP contribution >= 0.6 is 0 Å². The van der Waals surface area contributed by atoms with Crippen molar-refractivity contribution in [2.75, 3.05) is 18.3 Å². The van der Waals surface area contributed by atoms with Crippen molar-refractivity contribution in [3.63, 3.8) is 0 Å². The number of hydrogen-bond donors (Lipinski definition) is 1. The number of hydrogen-bond acceptors (Lipinski definition) is 4. The number of likely N-dealkylation sites (N-methyl/N-ethyl adjacent to an activating group) is 1. The number of carbonyl (C=O) groups excluding carboxylic acids is 1. The molecule has 0 aliphatic heterocycles. The molecule has 0 radical (unpaired) electrons. The molecule has 0 aliphatic rings. The van der Waals surface area contributed by atoms with Crippen molar-refractivity contribution in [2.45, 2.75) is 18.2 Å². The van der Waals surface area contributed by atoms with Gasteiger partial charge in [-0.25, -0.2) is 12.8 Å². The number of nitrogens with one attached hydrogen (secondary N) is 1. The summed E-state index contributed by atoms with van der Waals surface area (Å²) in [5.41, 5.74) is 1.87. The van der Waals surface area contributed by atoms with Crippen molar-refractivity contribution in [3.8, 4) is 0 Å². The van der Waals surface area contributed by atoms with E-state index < -0.39 is 15.8 Å². The number of halogens is 1. The molecule has 8 heteroatoms. The van der Waals surface area contributed by atoms with Crippen molar-refractivity contribution < 1.29 is 17.6 Å². The first-order valence-electron chi connectivity index (χ1n) is 9.31. The molecule has 0 atom stereocenters. The highest BCUT2D eigenvalue weighted by molar-refractivity contribution is 7.92. The van der Waals surface area contributed by atoms with Gasteiger partial charge in [0.1, 0.15) is 5.82 Å². The highest BCUT2D eigenvalue weighted by Crippen LogP contribution is 2.22. The van der Waals surface area contributed by atoms with E-state index in [1.165, 1.54) is 35.2 Å². The molecule has 3 rings (SSSR count). The van der Waals surface area contributed by atoms with Crippen LogP contribution in [0.5, 0.6) is 0 Å². The molecular weight excluding hydrogens is 405 g/mol. The molecule has 6 nitrogen and oxygen atoms in total. The van der Waals surface area contributed by atoms with E-state index >= 15 is 0 Å². The molecule has 0 bridgehead atoms. The number of pyridine rings is 1. The maximum Gasteiger partial charge on any atom is 0.262 e. The summed E-state index contributed by atoms with van der Waals surface area (Å²) in [6.45, 7) is 2.10. The number of aryl methyl sites for hydroxylation is 1. The maximum atomic E-state index is 13.1. The van der Waals surface area contributed by atoms with Crippen LogP contribution in [0.15, 0.2) is 71.8 Å². The van der Waals surface area contributed by atoms with Crippen LogP contribution in [-0.4, -0.2) is 37.8 Å². The van der Waals surface area contributed by atoms with Crippen LogP contribution in [-0.2, 0) is 16.4 Å². The Morgan fingerprint density at radius 1 is 1.10 bits per heavy atom. The molecule has 2 aromatic carbocycles. The van der Waals surface area contributed by atoms with Gasteiger partial charge in [0, 0.05) is 43.2 Å². The van der Waals surface area contributed by atoms with Gasteiger partial charge in [-0.05, 0) is 61.0 Å². The Morgan fingerprint density at radius 2 is 1.83 bits per heavy atom. The summed E-state index contributed by atoms with van der Waals surface area (Å²) in [7, 11) is -2.28. The maximum absolute atomic E-state index is 13.1. The number of benzene rings is 2. The molecule has 1 N–H and O–H groups in total. The number of amides is 1. The number of carbonyl (C=O) groups is 1. The second-order valence-electron chi connectivity index (χ2n) is 6.89. The average Bonchev–Trinajstić information content (AvgIpc) is 2.74. The molecular formula is C22H22FN3O3S. The summed E-state index contributed by atoms with van der Waals surface area (Å²) in [5.74, 6) is -0.750. The summed E-state index contributed by atoms with van der Waals surface area (Å²) in [5, 5.41) is 0. The van der Waals surface area contributed by atoms with Gasteiger partial charge in [0.2, 0.25) is 0 Å². The standard InChI is InChI=1S/C22H22FN3O3S/c1-16-6-7-17(22(27)26(2)14-12-19-5-3-4-13-24-19)15-21(16)30(28,29)25-20-10-8-18(23)9-11-20/h3-11,13,15,25H,12,14H2,1-2H3. The Kier molecular flexibility index (Phi) is 6.47. The van der Waals surface area contributed by atoms with Gasteiger partial charge in [-0.15, -0.1) is 0 Å². The van der Waals surface area contributed by atoms with Crippen molar-refractivity contribution in [2.24, 2.45) is 0 Å². The van der Waals surface area contributed by atoms with E-state index in [-0.39, 0.29) is 22.1 Å². The Morgan fingerprint density at radius 3 is 2.50 bits per heavy atom. The topological polar surface area (TPSA) is 79.4 Å². The van der Waals surface area contributed by atoms with E-state index in [1.807, 2.05) is 18.2 Å². The van der Waals surface area contributed by atoms with Gasteiger partial charge in [-0.1, -0.05) is 12.1 Å². The molecule has 0 saturated carbocycles. The van der Waals surface area contributed by atoms with Crippen molar-refractivity contribution in [1.29, 1.82) is 0 Å². The predicted octanol–water partition coefficient (Wildman–Crippen LogP) is 3.64. The molecule has 0 aliphatic carbocycles. The summed E-state index contributed by atoms with van der Waals surface area (Å²) in [6, 6.07) is 15.2. The molecule has 3 aromatic rings. The van der Waals surface area contributed by atoms with Crippen LogP contribution in [0.3, 0.4) is 0 Å². The molecule has 1 heterocycles. The first-order valence-corrected chi connectivity index (χ1v) is 10.8. The largest absolute Gasteiger partial charge is 0.341 e. The second kappa shape index (κ2) is 9.04. The minimum absolute atomic E-state index is 0.00389. The van der Waals surface area contributed by atoms with E-state index in [0.29, 0.717) is 18.5 Å². The third kappa shape index (κ3) is 5.21. The van der Waals surface area contributed by atoms with Crippen molar-refractivity contribution in [1.82, 2.24) is 9.88 Å². The zero-order chi connectivity index (χ0) is 21.7. The molecule has 1 aromatic heterocycles. The van der Waals surface area contributed by atoms with Crippen LogP contribution in [0, 0.1) is 12.7 Å². The summed E-state index contributed by atoms with van der Waals surface area (Å²) in [6.07, 6.45) is 2.29. The van der Waals surface area contributed by atoms with Crippen LogP contribution < -0.4 is 4.72 Å². The third-order valence-electron chi connectivity index (χ3n) is 4.60. The van der Waals surface area contributed by atoms with E-state index in [4.69, 9.17) is 0 Å². The lowest BCUT2D eigenvalue weighted by molar-refractivity contribution is 0.0796. The van der Waals surface area contributed by atoms with Gasteiger partial charge in [0.05, 0.1) is 4.90 Å². The first-order chi connectivity index (χ1) is 14.3. The lowest BCUT2D eigenvalue weighted by Crippen LogP contribution is -2.29. The van der Waals surface area contributed by atoms with E-state index in [0.717, 1.165) is 5.69 Å². The second-order valence-corrected chi connectivity index (χ2v) is 8.54. The van der Waals surface area contributed by atoms with Crippen LogP contribution in [0.2, 0.25) is 0 Å². The normalized spacial score (nSPS) is 11.2. The molecule has 1 amide bonds. The molecule has 30 heavy (non-hydrogen) atoms. The summed E-state index contributed by atoms with van der Waals surface area (Å²) >= 11 is 0. The predicted molar refractivity (Wildman–Crippen MR) is 113 cm³/mol. The third-order valence-corrected chi connectivity index (χ3v) is 6.12. The Labute approximate surface area is 175 Å². The lowest BCUT2D eigenvalue weighted by atomic mass is 10.1. The summed E-state index contributed by atoms with van der Waals surface area (Å²) in [4.78, 5) is 18.6. The van der Waals surface area contributed by atoms with Crippen LogP contribution in [0.25, 0.3) is 0 Å². The van der Waals surface area contributed by atoms with Gasteiger partial charge in [0.15, 0.2) is 0 Å². The van der Waals surface area contributed by atoms with E-state index in [9.17, 15) is 17.6 Å². The Balaban J connectivity index is 1.78. The SMILES string of the molecule is Cc1ccc(C(=O)N(C)CCc2ccccn2)cc1S(=O)(=O)Nc1ccc(F)cc1. The number of sulfonamides is 1. The average molecular weight is 428 g/mol. The lowest BCUT2D eigenvalue weighted by Gasteiger charge is -2.18. The van der Waals surface area contributed by atoms with Gasteiger partial charge < -0.3 is 4.90 Å². The minimum Gasteiger partial charge on any atom is -0.341 e. The van der Waals surface area contributed by atoms with E-state index in [2.05, 4.69) is 9.71 Å². The van der Waals surface area contributed by atoms with Gasteiger partial charge >= 0.3 is 0 Å². The molecule has 0 spiro atoms. The van der Waals surface area contributed by atoms with Crippen LogP contribution in [0.4, 0.5) is 10.1 Å². The monoisotopic (exact) mass is 427 g/mol. The fourth-order valence-electron chi connectivity index (χ4n) is 2.90. The van der Waals surface area contributed by atoms with Gasteiger partial charge in [0.25, 0.3) is 15.9 Å². The number of anilines is 1. The smallest absolute Gasteiger partial charge is 0.262 e. The number of rotatable bonds is 7. The van der Waals surface area contributed by atoms with Gasteiger partial charge in [-0.2, -0.15) is 0 Å². The summed E-state index contributed by atoms with van der Waals surface area (Å²) < 4.78 is 41.1. The van der Waals surface area contributed by atoms with Gasteiger partial charge in [-0.3, -0.25) is 14.5 Å². The molecule has 0 unspecified atom stereocenters. The highest BCUT2D eigenvalue weighted by atomic mass is 32.2. The fourth-order valence-corrected chi connectivity index (χ4v) is 4.23. The molecule has 156 valence electrons. The Bertz CT molecular complexity index is 1130. The minimum atomic E-state index is -3.95. The number of nitrogens with zero attached hydrogens (tertiary/aromatic N) is 2. The molecule has 0 fully saturated rings. The van der Waals surface area contributed by atoms with Crippen molar-refractivity contribution >= 4 is 21.6 Å². The molecule has 0 saturated heterocycles. The zero-order valence-corrected chi connectivity index (χ0v) is 17.5. The first kappa shape index (κ1) is 21.4.